The molecule has 1 nitrogen and oxygen atoms in total. The smallest absolute Gasteiger partial charge is 0.168 e. The molecule has 82 valence electrons. The van der Waals surface area contributed by atoms with E-state index in [4.69, 9.17) is 11.6 Å². The number of ketones is 1. The number of hydrogen-bond donors (Lipinski definition) is 0. The van der Waals surface area contributed by atoms with Gasteiger partial charge in [-0.15, -0.1) is 0 Å². The molecule has 1 aromatic carbocycles. The van der Waals surface area contributed by atoms with Crippen molar-refractivity contribution in [2.45, 2.75) is 6.42 Å². The zero-order chi connectivity index (χ0) is 11.5. The highest BCUT2D eigenvalue weighted by Gasteiger charge is 2.11. The molecule has 4 heteroatoms. The minimum Gasteiger partial charge on any atom is -0.294 e. The van der Waals surface area contributed by atoms with Crippen molar-refractivity contribution in [1.29, 1.82) is 0 Å². The van der Waals surface area contributed by atoms with E-state index in [1.807, 2.05) is 16.8 Å². The molecular weight excluding hydrogens is 308 g/mol. The highest BCUT2D eigenvalue weighted by atomic mass is 79.9. The van der Waals surface area contributed by atoms with Crippen molar-refractivity contribution in [3.8, 4) is 0 Å². The minimum absolute atomic E-state index is 0.0990. The van der Waals surface area contributed by atoms with Crippen molar-refractivity contribution in [2.24, 2.45) is 0 Å². The molecule has 0 N–H and O–H groups in total. The van der Waals surface area contributed by atoms with Crippen LogP contribution >= 0.6 is 38.9 Å². The number of carbonyl (C=O) groups is 1. The second-order valence-electron chi connectivity index (χ2n) is 3.36. The Labute approximate surface area is 111 Å². The van der Waals surface area contributed by atoms with Crippen LogP contribution in [0.1, 0.15) is 15.9 Å². The molecule has 2 rings (SSSR count). The number of halogens is 2. The van der Waals surface area contributed by atoms with E-state index >= 15 is 0 Å². The third kappa shape index (κ3) is 2.73. The van der Waals surface area contributed by atoms with Crippen molar-refractivity contribution < 1.29 is 4.79 Å². The molecule has 0 fully saturated rings. The molecular formula is C12H8BrClOS. The monoisotopic (exact) mass is 314 g/mol. The van der Waals surface area contributed by atoms with Gasteiger partial charge in [-0.2, -0.15) is 11.3 Å². The van der Waals surface area contributed by atoms with E-state index in [9.17, 15) is 4.79 Å². The van der Waals surface area contributed by atoms with Crippen LogP contribution in [0, 0.1) is 0 Å². The van der Waals surface area contributed by atoms with Crippen molar-refractivity contribution in [3.63, 3.8) is 0 Å². The van der Waals surface area contributed by atoms with Crippen LogP contribution in [0.5, 0.6) is 0 Å². The molecule has 1 aromatic heterocycles. The van der Waals surface area contributed by atoms with Gasteiger partial charge in [0.15, 0.2) is 5.78 Å². The largest absolute Gasteiger partial charge is 0.294 e. The fourth-order valence-corrected chi connectivity index (χ4v) is 2.96. The van der Waals surface area contributed by atoms with Crippen LogP contribution in [-0.4, -0.2) is 5.78 Å². The first-order valence-corrected chi connectivity index (χ1v) is 6.77. The Hall–Kier alpha value is -0.640. The van der Waals surface area contributed by atoms with E-state index in [2.05, 4.69) is 15.9 Å². The predicted molar refractivity (Wildman–Crippen MR) is 71.5 cm³/mol. The summed E-state index contributed by atoms with van der Waals surface area (Å²) in [6, 6.07) is 7.18. The van der Waals surface area contributed by atoms with Gasteiger partial charge in [0, 0.05) is 21.5 Å². The van der Waals surface area contributed by atoms with Gasteiger partial charge in [-0.25, -0.2) is 0 Å². The average molecular weight is 316 g/mol. The molecule has 0 aliphatic carbocycles. The second kappa shape index (κ2) is 5.13. The summed E-state index contributed by atoms with van der Waals surface area (Å²) in [7, 11) is 0. The zero-order valence-electron chi connectivity index (χ0n) is 8.24. The highest BCUT2D eigenvalue weighted by Crippen LogP contribution is 2.23. The van der Waals surface area contributed by atoms with Crippen molar-refractivity contribution in [1.82, 2.24) is 0 Å². The van der Waals surface area contributed by atoms with E-state index in [-0.39, 0.29) is 5.78 Å². The second-order valence-corrected chi connectivity index (χ2v) is 5.43. The van der Waals surface area contributed by atoms with Gasteiger partial charge < -0.3 is 0 Å². The maximum Gasteiger partial charge on any atom is 0.168 e. The lowest BCUT2D eigenvalue weighted by molar-refractivity contribution is 0.0992. The van der Waals surface area contributed by atoms with Gasteiger partial charge in [0.2, 0.25) is 0 Å². The summed E-state index contributed by atoms with van der Waals surface area (Å²) in [6.45, 7) is 0. The van der Waals surface area contributed by atoms with Crippen LogP contribution in [-0.2, 0) is 6.42 Å². The van der Waals surface area contributed by atoms with Gasteiger partial charge in [-0.1, -0.05) is 11.6 Å². The summed E-state index contributed by atoms with van der Waals surface area (Å²) < 4.78 is 0.750. The molecule has 0 atom stereocenters. The summed E-state index contributed by atoms with van der Waals surface area (Å²) in [4.78, 5) is 12.0. The lowest BCUT2D eigenvalue weighted by atomic mass is 10.1. The topological polar surface area (TPSA) is 17.1 Å². The Kier molecular flexibility index (Phi) is 3.79. The quantitative estimate of drug-likeness (QED) is 0.757. The number of hydrogen-bond acceptors (Lipinski definition) is 2. The SMILES string of the molecule is O=C(Cc1ccsc1)c1ccc(Cl)cc1Br. The van der Waals surface area contributed by atoms with Gasteiger partial charge in [0.25, 0.3) is 0 Å². The van der Waals surface area contributed by atoms with Gasteiger partial charge in [0.05, 0.1) is 0 Å². The van der Waals surface area contributed by atoms with Crippen LogP contribution in [0.2, 0.25) is 5.02 Å². The zero-order valence-corrected chi connectivity index (χ0v) is 11.4. The Balaban J connectivity index is 2.21. The predicted octanol–water partition coefficient (Wildman–Crippen LogP) is 4.59. The third-order valence-electron chi connectivity index (χ3n) is 2.18. The van der Waals surface area contributed by atoms with E-state index in [1.165, 1.54) is 0 Å². The Morgan fingerprint density at radius 3 is 2.81 bits per heavy atom. The van der Waals surface area contributed by atoms with E-state index in [1.54, 1.807) is 29.5 Å². The summed E-state index contributed by atoms with van der Waals surface area (Å²) >= 11 is 10.8. The Bertz CT molecular complexity index is 508. The first-order valence-electron chi connectivity index (χ1n) is 4.66. The van der Waals surface area contributed by atoms with E-state index < -0.39 is 0 Å². The molecule has 0 amide bonds. The van der Waals surface area contributed by atoms with Gasteiger partial charge >= 0.3 is 0 Å². The first kappa shape index (κ1) is 11.8. The molecule has 1 heterocycles. The fourth-order valence-electron chi connectivity index (χ4n) is 1.39. The van der Waals surface area contributed by atoms with E-state index in [0.29, 0.717) is 17.0 Å². The molecule has 2 aromatic rings. The van der Waals surface area contributed by atoms with Crippen LogP contribution in [0.25, 0.3) is 0 Å². The van der Waals surface area contributed by atoms with Crippen LogP contribution in [0.4, 0.5) is 0 Å². The number of Topliss-reactive ketones (excluding diaryl/α,β-unsaturated/α-hetero) is 1. The highest BCUT2D eigenvalue weighted by molar-refractivity contribution is 9.10. The van der Waals surface area contributed by atoms with Crippen LogP contribution < -0.4 is 0 Å². The van der Waals surface area contributed by atoms with Crippen LogP contribution in [0.15, 0.2) is 39.5 Å². The molecule has 0 bridgehead atoms. The molecule has 0 aliphatic rings. The third-order valence-corrected chi connectivity index (χ3v) is 3.80. The summed E-state index contributed by atoms with van der Waals surface area (Å²) in [5, 5.41) is 4.58. The maximum atomic E-state index is 12.0. The Morgan fingerprint density at radius 2 is 2.19 bits per heavy atom. The molecule has 0 spiro atoms. The number of carbonyl (C=O) groups excluding carboxylic acids is 1. The molecule has 0 saturated heterocycles. The number of rotatable bonds is 3. The maximum absolute atomic E-state index is 12.0. The molecule has 0 unspecified atom stereocenters. The van der Waals surface area contributed by atoms with Crippen molar-refractivity contribution in [2.75, 3.05) is 0 Å². The molecule has 0 aliphatic heterocycles. The van der Waals surface area contributed by atoms with Crippen molar-refractivity contribution in [3.05, 3.63) is 55.6 Å². The van der Waals surface area contributed by atoms with Crippen molar-refractivity contribution >= 4 is 44.7 Å². The summed E-state index contributed by atoms with van der Waals surface area (Å²) in [5.74, 6) is 0.0990. The van der Waals surface area contributed by atoms with Gasteiger partial charge in [-0.3, -0.25) is 4.79 Å². The van der Waals surface area contributed by atoms with Crippen LogP contribution in [0.3, 0.4) is 0 Å². The van der Waals surface area contributed by atoms with Gasteiger partial charge in [-0.05, 0) is 56.5 Å². The fraction of sp³-hybridized carbons (Fsp3) is 0.0833. The lowest BCUT2D eigenvalue weighted by Crippen LogP contribution is -2.03. The summed E-state index contributed by atoms with van der Waals surface area (Å²) in [5.41, 5.74) is 1.73. The lowest BCUT2D eigenvalue weighted by Gasteiger charge is -2.03. The molecule has 16 heavy (non-hydrogen) atoms. The standard InChI is InChI=1S/C12H8BrClOS/c13-11-6-9(14)1-2-10(11)12(15)5-8-3-4-16-7-8/h1-4,6-7H,5H2. The minimum atomic E-state index is 0.0990. The average Bonchev–Trinajstić information content (AvgIpc) is 2.70. The van der Waals surface area contributed by atoms with Gasteiger partial charge in [0.1, 0.15) is 0 Å². The Morgan fingerprint density at radius 1 is 1.38 bits per heavy atom. The molecule has 0 radical (unpaired) electrons. The number of benzene rings is 1. The first-order chi connectivity index (χ1) is 7.66. The summed E-state index contributed by atoms with van der Waals surface area (Å²) in [6.07, 6.45) is 0.434. The normalized spacial score (nSPS) is 10.4. The van der Waals surface area contributed by atoms with E-state index in [0.717, 1.165) is 10.0 Å². The number of thiophene rings is 1. The molecule has 0 saturated carbocycles.